The largest absolute Gasteiger partial charge is 0.465 e. The smallest absolute Gasteiger partial charge is 0.350 e. The number of amides is 1. The molecule has 0 radical (unpaired) electrons. The van der Waals surface area contributed by atoms with E-state index in [1.54, 1.807) is 19.2 Å². The number of fused-ring (bicyclic) bond motifs is 1. The van der Waals surface area contributed by atoms with E-state index in [0.717, 1.165) is 23.6 Å². The summed E-state index contributed by atoms with van der Waals surface area (Å²) in [6.07, 6.45) is -0.0223. The van der Waals surface area contributed by atoms with Crippen molar-refractivity contribution in [1.82, 2.24) is 9.88 Å². The van der Waals surface area contributed by atoms with Gasteiger partial charge in [-0.15, -0.1) is 11.3 Å². The number of rotatable bonds is 9. The summed E-state index contributed by atoms with van der Waals surface area (Å²) in [5.74, 6) is -1.32. The minimum atomic E-state index is -0.553. The van der Waals surface area contributed by atoms with E-state index >= 15 is 0 Å². The van der Waals surface area contributed by atoms with E-state index in [4.69, 9.17) is 9.47 Å². The van der Waals surface area contributed by atoms with Crippen molar-refractivity contribution in [2.24, 2.45) is 0 Å². The summed E-state index contributed by atoms with van der Waals surface area (Å²) in [7, 11) is 4.91. The van der Waals surface area contributed by atoms with Gasteiger partial charge in [0.25, 0.3) is 0 Å². The Morgan fingerprint density at radius 2 is 2.03 bits per heavy atom. The third-order valence-electron chi connectivity index (χ3n) is 4.61. The van der Waals surface area contributed by atoms with Gasteiger partial charge in [0, 0.05) is 25.6 Å². The van der Waals surface area contributed by atoms with Gasteiger partial charge in [0.2, 0.25) is 5.91 Å². The number of hydrogen-bond acceptors (Lipinski definition) is 7. The van der Waals surface area contributed by atoms with Gasteiger partial charge < -0.3 is 14.8 Å². The molecule has 1 N–H and O–H groups in total. The van der Waals surface area contributed by atoms with Gasteiger partial charge in [0.05, 0.1) is 31.5 Å². The van der Waals surface area contributed by atoms with Gasteiger partial charge in [-0.25, -0.2) is 14.2 Å². The first-order chi connectivity index (χ1) is 14.9. The summed E-state index contributed by atoms with van der Waals surface area (Å²) in [5, 5.41) is 3.44. The minimum Gasteiger partial charge on any atom is -0.465 e. The van der Waals surface area contributed by atoms with Crippen LogP contribution in [0.5, 0.6) is 0 Å². The molecule has 164 valence electrons. The van der Waals surface area contributed by atoms with Gasteiger partial charge in [-0.2, -0.15) is 0 Å². The first kappa shape index (κ1) is 22.8. The Balaban J connectivity index is 1.86. The molecule has 0 saturated carbocycles. The van der Waals surface area contributed by atoms with Crippen LogP contribution in [0.3, 0.4) is 0 Å². The summed E-state index contributed by atoms with van der Waals surface area (Å²) in [6.45, 7) is 1.99. The summed E-state index contributed by atoms with van der Waals surface area (Å²) in [5.41, 5.74) is 1.73. The van der Waals surface area contributed by atoms with E-state index in [2.05, 4.69) is 15.2 Å². The van der Waals surface area contributed by atoms with Crippen LogP contribution >= 0.6 is 11.3 Å². The number of hydrogen-bond donors (Lipinski definition) is 1. The number of carbonyl (C=O) groups excluding carboxylic acids is 2. The van der Waals surface area contributed by atoms with E-state index in [9.17, 15) is 14.0 Å². The third kappa shape index (κ3) is 5.84. The lowest BCUT2D eigenvalue weighted by Crippen LogP contribution is -2.22. The van der Waals surface area contributed by atoms with Crippen molar-refractivity contribution in [1.29, 1.82) is 0 Å². The number of ether oxygens (including phenoxy) is 2. The van der Waals surface area contributed by atoms with Gasteiger partial charge in [-0.05, 0) is 36.9 Å². The van der Waals surface area contributed by atoms with Gasteiger partial charge >= 0.3 is 5.97 Å². The molecule has 0 aliphatic rings. The molecular formula is C22H24FN3O4S. The van der Waals surface area contributed by atoms with Crippen LogP contribution in [0.15, 0.2) is 36.4 Å². The number of benzene rings is 1. The molecule has 1 amide bonds. The molecule has 0 aliphatic heterocycles. The van der Waals surface area contributed by atoms with E-state index in [0.29, 0.717) is 34.6 Å². The molecule has 3 aromatic rings. The minimum absolute atomic E-state index is 0.0223. The fraction of sp³-hybridized carbons (Fsp3) is 0.318. The number of anilines is 1. The van der Waals surface area contributed by atoms with Crippen LogP contribution in [0.1, 0.15) is 20.9 Å². The van der Waals surface area contributed by atoms with Crippen molar-refractivity contribution in [3.63, 3.8) is 0 Å². The van der Waals surface area contributed by atoms with Crippen LogP contribution < -0.4 is 5.32 Å². The van der Waals surface area contributed by atoms with Crippen LogP contribution in [-0.2, 0) is 27.2 Å². The molecule has 1 aromatic carbocycles. The summed E-state index contributed by atoms with van der Waals surface area (Å²) >= 11 is 1.16. The number of thiophene rings is 1. The van der Waals surface area contributed by atoms with Crippen LogP contribution in [0.2, 0.25) is 0 Å². The van der Waals surface area contributed by atoms with Crippen LogP contribution in [-0.4, -0.2) is 56.2 Å². The zero-order valence-corrected chi connectivity index (χ0v) is 18.4. The summed E-state index contributed by atoms with van der Waals surface area (Å²) in [6, 6.07) is 9.54. The van der Waals surface area contributed by atoms with E-state index in [-0.39, 0.29) is 17.2 Å². The predicted molar refractivity (Wildman–Crippen MR) is 118 cm³/mol. The van der Waals surface area contributed by atoms with Crippen molar-refractivity contribution in [2.45, 2.75) is 13.0 Å². The Morgan fingerprint density at radius 1 is 1.23 bits per heavy atom. The van der Waals surface area contributed by atoms with Gasteiger partial charge in [-0.3, -0.25) is 9.69 Å². The topological polar surface area (TPSA) is 80.8 Å². The zero-order chi connectivity index (χ0) is 22.4. The summed E-state index contributed by atoms with van der Waals surface area (Å²) < 4.78 is 23.4. The van der Waals surface area contributed by atoms with Crippen LogP contribution in [0.4, 0.5) is 10.1 Å². The van der Waals surface area contributed by atoms with Crippen molar-refractivity contribution in [3.05, 3.63) is 58.3 Å². The molecule has 0 bridgehead atoms. The number of nitrogens with one attached hydrogen (secondary N) is 1. The Labute approximate surface area is 183 Å². The molecule has 0 fully saturated rings. The lowest BCUT2D eigenvalue weighted by atomic mass is 10.1. The molecule has 0 unspecified atom stereocenters. The molecule has 0 atom stereocenters. The average molecular weight is 446 g/mol. The highest BCUT2D eigenvalue weighted by Crippen LogP contribution is 2.35. The molecule has 0 aliphatic carbocycles. The van der Waals surface area contributed by atoms with E-state index in [1.165, 1.54) is 19.2 Å². The molecule has 31 heavy (non-hydrogen) atoms. The standard InChI is InChI=1S/C22H24FN3O4S/c1-26(9-10-29-2)13-16-7-8-17-19(20(22(28)30-3)31-21(17)24-16)25-18(27)12-14-5-4-6-15(23)11-14/h4-8,11H,9-10,12-13H2,1-3H3,(H,25,27). The number of esters is 1. The Bertz CT molecular complexity index is 1090. The predicted octanol–water partition coefficient (Wildman–Crippen LogP) is 3.48. The lowest BCUT2D eigenvalue weighted by Gasteiger charge is -2.15. The second-order valence-electron chi connectivity index (χ2n) is 7.04. The average Bonchev–Trinajstić information content (AvgIpc) is 3.09. The molecule has 3 rings (SSSR count). The number of aromatic nitrogens is 1. The van der Waals surface area contributed by atoms with Gasteiger partial charge in [0.15, 0.2) is 0 Å². The Kier molecular flexibility index (Phi) is 7.67. The fourth-order valence-corrected chi connectivity index (χ4v) is 4.15. The lowest BCUT2D eigenvalue weighted by molar-refractivity contribution is -0.115. The number of methoxy groups -OCH3 is 2. The van der Waals surface area contributed by atoms with E-state index in [1.807, 2.05) is 19.2 Å². The number of nitrogens with zero attached hydrogens (tertiary/aromatic N) is 2. The van der Waals surface area contributed by atoms with Crippen molar-refractivity contribution < 1.29 is 23.5 Å². The second kappa shape index (κ2) is 10.4. The zero-order valence-electron chi connectivity index (χ0n) is 17.6. The number of carbonyl (C=O) groups is 2. The van der Waals surface area contributed by atoms with Gasteiger partial charge in [0.1, 0.15) is 15.5 Å². The Hall–Kier alpha value is -2.88. The molecule has 2 heterocycles. The van der Waals surface area contributed by atoms with E-state index < -0.39 is 11.8 Å². The third-order valence-corrected chi connectivity index (χ3v) is 5.69. The highest BCUT2D eigenvalue weighted by molar-refractivity contribution is 7.21. The maximum atomic E-state index is 13.4. The monoisotopic (exact) mass is 445 g/mol. The van der Waals surface area contributed by atoms with Gasteiger partial charge in [-0.1, -0.05) is 12.1 Å². The number of halogens is 1. The fourth-order valence-electron chi connectivity index (χ4n) is 3.08. The molecule has 9 heteroatoms. The second-order valence-corrected chi connectivity index (χ2v) is 8.04. The normalized spacial score (nSPS) is 11.1. The Morgan fingerprint density at radius 3 is 2.74 bits per heavy atom. The maximum absolute atomic E-state index is 13.4. The molecule has 2 aromatic heterocycles. The molecule has 0 spiro atoms. The first-order valence-corrected chi connectivity index (χ1v) is 10.5. The highest BCUT2D eigenvalue weighted by atomic mass is 32.1. The quantitative estimate of drug-likeness (QED) is 0.508. The molecular weight excluding hydrogens is 421 g/mol. The SMILES string of the molecule is COCCN(C)Cc1ccc2c(NC(=O)Cc3cccc(F)c3)c(C(=O)OC)sc2n1. The number of likely N-dealkylation sites (N-methyl/N-ethyl adjacent to an activating group) is 1. The molecule has 7 nitrogen and oxygen atoms in total. The van der Waals surface area contributed by atoms with Crippen LogP contribution in [0, 0.1) is 5.82 Å². The van der Waals surface area contributed by atoms with Crippen LogP contribution in [0.25, 0.3) is 10.2 Å². The number of pyridine rings is 1. The van der Waals surface area contributed by atoms with Crippen molar-refractivity contribution in [3.8, 4) is 0 Å². The van der Waals surface area contributed by atoms with Crippen molar-refractivity contribution >= 4 is 39.1 Å². The highest BCUT2D eigenvalue weighted by Gasteiger charge is 2.22. The maximum Gasteiger partial charge on any atom is 0.350 e. The van der Waals surface area contributed by atoms with Crippen molar-refractivity contribution in [2.75, 3.05) is 39.7 Å². The molecule has 0 saturated heterocycles. The first-order valence-electron chi connectivity index (χ1n) is 9.63. The summed E-state index contributed by atoms with van der Waals surface area (Å²) in [4.78, 5) is 32.5.